The minimum absolute atomic E-state index is 0.457. The predicted molar refractivity (Wildman–Crippen MR) is 166 cm³/mol. The molecule has 0 spiro atoms. The maximum atomic E-state index is 5.68. The van der Waals surface area contributed by atoms with Crippen LogP contribution in [0.3, 0.4) is 0 Å². The first-order valence-corrected chi connectivity index (χ1v) is 15.1. The molecule has 0 saturated carbocycles. The number of fused-ring (bicyclic) bond motifs is 4. The van der Waals surface area contributed by atoms with Gasteiger partial charge in [-0.3, -0.25) is 0 Å². The first-order chi connectivity index (χ1) is 18.9. The van der Waals surface area contributed by atoms with Crippen LogP contribution in [0.5, 0.6) is 0 Å². The fourth-order valence-corrected chi connectivity index (χ4v) is 8.23. The summed E-state index contributed by atoms with van der Waals surface area (Å²) in [5, 5.41) is 3.73. The molecular weight excluding hydrogens is 517 g/mol. The van der Waals surface area contributed by atoms with Crippen molar-refractivity contribution in [3.05, 3.63) is 117 Å². The SMILES string of the molecule is Cc1cc2c(cc1C)N(C)/C(=C/C1=CC(=C/c3sc4ccc5occc5c4[n+]3C)/CC(c3ccccc3)C1)S2. The lowest BCUT2D eigenvalue weighted by atomic mass is 9.81. The van der Waals surface area contributed by atoms with Crippen molar-refractivity contribution in [3.8, 4) is 0 Å². The monoisotopic (exact) mass is 547 g/mol. The molecule has 0 N–H and O–H groups in total. The zero-order valence-electron chi connectivity index (χ0n) is 22.7. The van der Waals surface area contributed by atoms with Crippen molar-refractivity contribution in [2.45, 2.75) is 37.5 Å². The zero-order chi connectivity index (χ0) is 26.7. The van der Waals surface area contributed by atoms with Gasteiger partial charge in [-0.1, -0.05) is 59.5 Å². The summed E-state index contributed by atoms with van der Waals surface area (Å²) in [6.45, 7) is 4.40. The first-order valence-electron chi connectivity index (χ1n) is 13.4. The van der Waals surface area contributed by atoms with E-state index in [-0.39, 0.29) is 0 Å². The van der Waals surface area contributed by atoms with Gasteiger partial charge in [0.25, 0.3) is 5.01 Å². The molecule has 5 heteroatoms. The third-order valence-electron chi connectivity index (χ3n) is 8.16. The molecular formula is C34H31N2OS2+. The lowest BCUT2D eigenvalue weighted by Gasteiger charge is -2.24. The quantitative estimate of drug-likeness (QED) is 0.210. The molecule has 0 amide bonds. The van der Waals surface area contributed by atoms with Crippen LogP contribution < -0.4 is 9.47 Å². The van der Waals surface area contributed by atoms with Crippen molar-refractivity contribution in [1.82, 2.24) is 0 Å². The summed E-state index contributed by atoms with van der Waals surface area (Å²) in [5.41, 5.74) is 10.4. The molecule has 2 aliphatic rings. The number of aryl methyl sites for hydroxylation is 3. The average molecular weight is 548 g/mol. The van der Waals surface area contributed by atoms with Gasteiger partial charge in [0.2, 0.25) is 5.52 Å². The van der Waals surface area contributed by atoms with E-state index < -0.39 is 0 Å². The normalized spacial score (nSPS) is 19.4. The first kappa shape index (κ1) is 24.5. The topological polar surface area (TPSA) is 20.3 Å². The largest absolute Gasteiger partial charge is 0.464 e. The number of furan rings is 1. The van der Waals surface area contributed by atoms with E-state index in [4.69, 9.17) is 4.42 Å². The molecule has 39 heavy (non-hydrogen) atoms. The second kappa shape index (κ2) is 9.58. The number of rotatable bonds is 3. The van der Waals surface area contributed by atoms with Crippen molar-refractivity contribution in [1.29, 1.82) is 0 Å². The molecule has 0 radical (unpaired) electrons. The second-order valence-corrected chi connectivity index (χ2v) is 12.9. The Labute approximate surface area is 237 Å². The minimum Gasteiger partial charge on any atom is -0.464 e. The summed E-state index contributed by atoms with van der Waals surface area (Å²) in [7, 11) is 4.37. The molecule has 1 unspecified atom stereocenters. The van der Waals surface area contributed by atoms with Gasteiger partial charge in [-0.2, -0.15) is 4.57 Å². The minimum atomic E-state index is 0.457. The lowest BCUT2D eigenvalue weighted by Crippen LogP contribution is -2.29. The summed E-state index contributed by atoms with van der Waals surface area (Å²) < 4.78 is 9.29. The fraction of sp³-hybridized carbons (Fsp3) is 0.206. The molecule has 5 aromatic rings. The molecule has 3 heterocycles. The molecule has 7 rings (SSSR count). The van der Waals surface area contributed by atoms with Crippen LogP contribution in [0.4, 0.5) is 5.69 Å². The standard InChI is InChI=1S/C34H31N2OS2/c1-21-14-28-31(15-22(21)2)39-32(35(28)3)19-23-16-24(18-26(17-23)25-8-6-5-7-9-25)20-33-36(4)34-27-12-13-37-29(27)10-11-30(34)38-33/h5-16,19-20,26H,17-18H2,1-4H3/q+1. The molecule has 2 aromatic heterocycles. The molecule has 0 saturated heterocycles. The third-order valence-corrected chi connectivity index (χ3v) is 10.5. The van der Waals surface area contributed by atoms with Crippen LogP contribution in [0, 0.1) is 13.8 Å². The highest BCUT2D eigenvalue weighted by molar-refractivity contribution is 8.03. The molecule has 0 bridgehead atoms. The van der Waals surface area contributed by atoms with E-state index in [0.29, 0.717) is 5.92 Å². The van der Waals surface area contributed by atoms with Crippen molar-refractivity contribution in [3.63, 3.8) is 0 Å². The van der Waals surface area contributed by atoms with E-state index in [1.54, 1.807) is 6.26 Å². The van der Waals surface area contributed by atoms with Crippen LogP contribution in [0.25, 0.3) is 27.3 Å². The van der Waals surface area contributed by atoms with E-state index in [9.17, 15) is 0 Å². The van der Waals surface area contributed by atoms with Gasteiger partial charge in [0.05, 0.1) is 22.4 Å². The summed E-state index contributed by atoms with van der Waals surface area (Å²) in [5.74, 6) is 0.457. The van der Waals surface area contributed by atoms with E-state index in [0.717, 1.165) is 18.4 Å². The number of aromatic nitrogens is 1. The van der Waals surface area contributed by atoms with Crippen molar-refractivity contribution in [2.75, 3.05) is 11.9 Å². The number of nitrogens with zero attached hydrogens (tertiary/aromatic N) is 2. The highest BCUT2D eigenvalue weighted by atomic mass is 32.2. The summed E-state index contributed by atoms with van der Waals surface area (Å²) in [6, 6.07) is 22.0. The van der Waals surface area contributed by atoms with Crippen LogP contribution in [-0.4, -0.2) is 7.05 Å². The van der Waals surface area contributed by atoms with Crippen LogP contribution in [0.2, 0.25) is 0 Å². The number of hydrogen-bond acceptors (Lipinski definition) is 4. The van der Waals surface area contributed by atoms with E-state index in [1.165, 1.54) is 64.1 Å². The number of thioether (sulfide) groups is 1. The lowest BCUT2D eigenvalue weighted by molar-refractivity contribution is -0.641. The van der Waals surface area contributed by atoms with Crippen LogP contribution >= 0.6 is 23.1 Å². The molecule has 1 aliphatic carbocycles. The summed E-state index contributed by atoms with van der Waals surface area (Å²) >= 11 is 3.74. The Balaban J connectivity index is 1.30. The van der Waals surface area contributed by atoms with Crippen LogP contribution in [0.1, 0.15) is 40.5 Å². The third kappa shape index (κ3) is 4.34. The Kier molecular flexibility index (Phi) is 6.02. The Morgan fingerprint density at radius 3 is 2.64 bits per heavy atom. The number of thiazole rings is 1. The molecule has 3 aromatic carbocycles. The van der Waals surface area contributed by atoms with E-state index in [1.807, 2.05) is 23.1 Å². The van der Waals surface area contributed by atoms with Gasteiger partial charge in [0, 0.05) is 18.0 Å². The Morgan fingerprint density at radius 1 is 0.974 bits per heavy atom. The Morgan fingerprint density at radius 2 is 1.79 bits per heavy atom. The van der Waals surface area contributed by atoms with Crippen LogP contribution in [0.15, 0.2) is 105 Å². The zero-order valence-corrected chi connectivity index (χ0v) is 24.3. The van der Waals surface area contributed by atoms with Gasteiger partial charge in [-0.15, -0.1) is 0 Å². The Hall–Kier alpha value is -3.54. The molecule has 194 valence electrons. The van der Waals surface area contributed by atoms with E-state index >= 15 is 0 Å². The van der Waals surface area contributed by atoms with Crippen molar-refractivity contribution < 1.29 is 8.98 Å². The number of anilines is 1. The Bertz CT molecular complexity index is 1840. The molecule has 3 nitrogen and oxygen atoms in total. The molecule has 0 fully saturated rings. The fourth-order valence-electron chi connectivity index (χ4n) is 5.88. The van der Waals surface area contributed by atoms with Gasteiger partial charge in [-0.25, -0.2) is 0 Å². The number of benzene rings is 3. The average Bonchev–Trinajstić information content (AvgIpc) is 3.62. The predicted octanol–water partition coefficient (Wildman–Crippen LogP) is 9.06. The van der Waals surface area contributed by atoms with Gasteiger partial charge < -0.3 is 9.32 Å². The van der Waals surface area contributed by atoms with Crippen molar-refractivity contribution in [2.24, 2.45) is 7.05 Å². The molecule has 1 aliphatic heterocycles. The van der Waals surface area contributed by atoms with Gasteiger partial charge in [-0.05, 0) is 96.9 Å². The van der Waals surface area contributed by atoms with Crippen LogP contribution in [-0.2, 0) is 7.05 Å². The van der Waals surface area contributed by atoms with Gasteiger partial charge in [0.1, 0.15) is 17.3 Å². The maximum Gasteiger partial charge on any atom is 0.262 e. The highest BCUT2D eigenvalue weighted by Gasteiger charge is 2.26. The number of hydrogen-bond donors (Lipinski definition) is 0. The summed E-state index contributed by atoms with van der Waals surface area (Å²) in [6.07, 6.45) is 11.1. The second-order valence-electron chi connectivity index (χ2n) is 10.7. The van der Waals surface area contributed by atoms with E-state index in [2.05, 4.69) is 116 Å². The highest BCUT2D eigenvalue weighted by Crippen LogP contribution is 2.47. The van der Waals surface area contributed by atoms with Gasteiger partial charge in [0.15, 0.2) is 0 Å². The summed E-state index contributed by atoms with van der Waals surface area (Å²) in [4.78, 5) is 3.70. The number of allylic oxidation sites excluding steroid dienone is 4. The van der Waals surface area contributed by atoms with Gasteiger partial charge >= 0.3 is 0 Å². The van der Waals surface area contributed by atoms with Crippen molar-refractivity contribution >= 4 is 56.0 Å². The maximum absolute atomic E-state index is 5.68. The smallest absolute Gasteiger partial charge is 0.262 e. The molecule has 1 atom stereocenters.